The molecule has 0 fully saturated rings. The quantitative estimate of drug-likeness (QED) is 0.179. The van der Waals surface area contributed by atoms with Crippen molar-refractivity contribution >= 4 is 50.5 Å². The maximum Gasteiger partial charge on any atom is 0.291 e. The van der Waals surface area contributed by atoms with E-state index in [-0.39, 0.29) is 5.56 Å². The van der Waals surface area contributed by atoms with Crippen molar-refractivity contribution in [3.8, 4) is 28.4 Å². The lowest BCUT2D eigenvalue weighted by Crippen LogP contribution is -2.23. The van der Waals surface area contributed by atoms with Gasteiger partial charge in [0.1, 0.15) is 23.8 Å². The summed E-state index contributed by atoms with van der Waals surface area (Å²) in [6.07, 6.45) is 9.14. The summed E-state index contributed by atoms with van der Waals surface area (Å²) in [6.45, 7) is 4.11. The number of rotatable bonds is 9. The number of hydrogen-bond donors (Lipinski definition) is 0. The van der Waals surface area contributed by atoms with Crippen LogP contribution in [0.3, 0.4) is 0 Å². The molecular formula is C32H24BrN5O3S. The number of benzene rings is 3. The highest BCUT2D eigenvalue weighted by atomic mass is 79.9. The van der Waals surface area contributed by atoms with Crippen LogP contribution in [0.1, 0.15) is 17.0 Å². The van der Waals surface area contributed by atoms with E-state index in [0.717, 1.165) is 44.0 Å². The first-order valence-corrected chi connectivity index (χ1v) is 14.6. The summed E-state index contributed by atoms with van der Waals surface area (Å²) >= 11 is 4.86. The number of ether oxygens (including phenoxy) is 2. The Bertz CT molecular complexity index is 2030. The number of methoxy groups -OCH3 is 1. The Morgan fingerprint density at radius 1 is 1.02 bits per heavy atom. The Balaban J connectivity index is 1.34. The van der Waals surface area contributed by atoms with Gasteiger partial charge in [-0.2, -0.15) is 14.6 Å². The molecule has 0 radical (unpaired) electrons. The monoisotopic (exact) mass is 637 g/mol. The number of hydrogen-bond acceptors (Lipinski definition) is 7. The molecule has 8 nitrogen and oxygen atoms in total. The van der Waals surface area contributed by atoms with Crippen molar-refractivity contribution in [1.82, 2.24) is 24.4 Å². The third kappa shape index (κ3) is 5.67. The first-order valence-electron chi connectivity index (χ1n) is 12.9. The van der Waals surface area contributed by atoms with E-state index in [1.807, 2.05) is 95.8 Å². The van der Waals surface area contributed by atoms with Crippen LogP contribution < -0.4 is 19.6 Å². The average Bonchev–Trinajstić information content (AvgIpc) is 3.70. The number of thiazole rings is 1. The molecule has 0 aliphatic heterocycles. The molecule has 3 aromatic carbocycles. The van der Waals surface area contributed by atoms with Gasteiger partial charge in [0.25, 0.3) is 5.56 Å². The van der Waals surface area contributed by atoms with Crippen molar-refractivity contribution < 1.29 is 9.47 Å². The standard InChI is InChI=1S/C32H24BrN5O3S/c1-3-17-41-25-13-9-21(10-14-25)11-16-29-34-32-38(35-29)31(39)28(42-32)19-23-20-37(24-7-5-4-6-8-24)36-30(23)22-12-15-27(40-2)26(33)18-22/h3-16,18-20H,1,17H2,2H3/b16-11+,28-19-. The predicted molar refractivity (Wildman–Crippen MR) is 170 cm³/mol. The van der Waals surface area contributed by atoms with Crippen LogP contribution in [-0.2, 0) is 0 Å². The smallest absolute Gasteiger partial charge is 0.291 e. The normalized spacial score (nSPS) is 11.9. The zero-order valence-corrected chi connectivity index (χ0v) is 24.9. The maximum atomic E-state index is 13.3. The van der Waals surface area contributed by atoms with Gasteiger partial charge in [0.2, 0.25) is 4.96 Å². The zero-order valence-electron chi connectivity index (χ0n) is 22.5. The van der Waals surface area contributed by atoms with Crippen LogP contribution in [0.2, 0.25) is 0 Å². The molecule has 6 rings (SSSR count). The average molecular weight is 639 g/mol. The third-order valence-electron chi connectivity index (χ3n) is 6.35. The van der Waals surface area contributed by atoms with Gasteiger partial charge >= 0.3 is 0 Å². The van der Waals surface area contributed by atoms with Crippen LogP contribution >= 0.6 is 27.3 Å². The maximum absolute atomic E-state index is 13.3. The van der Waals surface area contributed by atoms with E-state index in [4.69, 9.17) is 14.6 Å². The highest BCUT2D eigenvalue weighted by Crippen LogP contribution is 2.32. The van der Waals surface area contributed by atoms with Gasteiger partial charge in [-0.05, 0) is 76.1 Å². The van der Waals surface area contributed by atoms with Crippen molar-refractivity contribution in [3.63, 3.8) is 0 Å². The van der Waals surface area contributed by atoms with Crippen LogP contribution in [0.4, 0.5) is 0 Å². The summed E-state index contributed by atoms with van der Waals surface area (Å²) < 4.78 is 15.4. The molecule has 0 aliphatic carbocycles. The number of fused-ring (bicyclic) bond motifs is 1. The molecule has 0 spiro atoms. The van der Waals surface area contributed by atoms with E-state index >= 15 is 0 Å². The fraction of sp³-hybridized carbons (Fsp3) is 0.0625. The number of aromatic nitrogens is 5. The molecule has 0 saturated heterocycles. The Kier molecular flexibility index (Phi) is 7.81. The number of nitrogens with zero attached hydrogens (tertiary/aromatic N) is 5. The summed E-state index contributed by atoms with van der Waals surface area (Å²) in [5.74, 6) is 1.95. The molecule has 0 N–H and O–H groups in total. The molecule has 0 bridgehead atoms. The van der Waals surface area contributed by atoms with E-state index in [2.05, 4.69) is 32.6 Å². The van der Waals surface area contributed by atoms with E-state index in [9.17, 15) is 4.79 Å². The van der Waals surface area contributed by atoms with Crippen LogP contribution in [0, 0.1) is 0 Å². The van der Waals surface area contributed by atoms with E-state index in [1.165, 1.54) is 15.9 Å². The number of halogens is 1. The Morgan fingerprint density at radius 3 is 2.55 bits per heavy atom. The van der Waals surface area contributed by atoms with Crippen LogP contribution in [0.5, 0.6) is 11.5 Å². The molecule has 208 valence electrons. The summed E-state index contributed by atoms with van der Waals surface area (Å²) in [6, 6.07) is 23.3. The van der Waals surface area contributed by atoms with Gasteiger partial charge in [-0.15, -0.1) is 5.10 Å². The van der Waals surface area contributed by atoms with E-state index in [0.29, 0.717) is 21.9 Å². The van der Waals surface area contributed by atoms with Gasteiger partial charge in [0.15, 0.2) is 5.82 Å². The second-order valence-electron chi connectivity index (χ2n) is 9.14. The molecule has 0 amide bonds. The van der Waals surface area contributed by atoms with Crippen LogP contribution in [-0.4, -0.2) is 38.1 Å². The largest absolute Gasteiger partial charge is 0.496 e. The molecule has 0 saturated carbocycles. The third-order valence-corrected chi connectivity index (χ3v) is 7.93. The molecule has 3 heterocycles. The number of para-hydroxylation sites is 1. The lowest BCUT2D eigenvalue weighted by molar-refractivity contribution is 0.363. The van der Waals surface area contributed by atoms with Crippen molar-refractivity contribution in [1.29, 1.82) is 0 Å². The Morgan fingerprint density at radius 2 is 1.83 bits per heavy atom. The second kappa shape index (κ2) is 12.0. The van der Waals surface area contributed by atoms with Gasteiger partial charge in [-0.3, -0.25) is 4.79 Å². The summed E-state index contributed by atoms with van der Waals surface area (Å²) in [7, 11) is 1.62. The van der Waals surface area contributed by atoms with Crippen molar-refractivity contribution in [2.45, 2.75) is 0 Å². The van der Waals surface area contributed by atoms with Gasteiger partial charge in [0, 0.05) is 17.3 Å². The van der Waals surface area contributed by atoms with Crippen molar-refractivity contribution in [3.05, 3.63) is 128 Å². The fourth-order valence-electron chi connectivity index (χ4n) is 4.31. The van der Waals surface area contributed by atoms with E-state index < -0.39 is 0 Å². The zero-order chi connectivity index (χ0) is 29.1. The van der Waals surface area contributed by atoms with Crippen molar-refractivity contribution in [2.24, 2.45) is 0 Å². The SMILES string of the molecule is C=CCOc1ccc(/C=C/c2nc3s/c(=C\c4cn(-c5ccccc5)nc4-c4ccc(OC)c(Br)c4)c(=O)n3n2)cc1. The molecule has 6 aromatic rings. The Labute approximate surface area is 253 Å². The summed E-state index contributed by atoms with van der Waals surface area (Å²) in [5.41, 5.74) is 4.03. The summed E-state index contributed by atoms with van der Waals surface area (Å²) in [4.78, 5) is 18.4. The molecule has 42 heavy (non-hydrogen) atoms. The first-order chi connectivity index (χ1) is 20.5. The summed E-state index contributed by atoms with van der Waals surface area (Å²) in [5, 5.41) is 9.30. The molecule has 0 unspecified atom stereocenters. The van der Waals surface area contributed by atoms with Gasteiger partial charge in [-0.25, -0.2) is 4.68 Å². The minimum absolute atomic E-state index is 0.236. The molecule has 0 atom stereocenters. The molecular weight excluding hydrogens is 614 g/mol. The Hall–Kier alpha value is -4.80. The lowest BCUT2D eigenvalue weighted by atomic mass is 10.1. The van der Waals surface area contributed by atoms with Gasteiger partial charge < -0.3 is 9.47 Å². The fourth-order valence-corrected chi connectivity index (χ4v) is 5.75. The highest BCUT2D eigenvalue weighted by molar-refractivity contribution is 9.10. The predicted octanol–water partition coefficient (Wildman–Crippen LogP) is 6.06. The molecule has 0 aliphatic rings. The highest BCUT2D eigenvalue weighted by Gasteiger charge is 2.15. The molecule has 3 aromatic heterocycles. The van der Waals surface area contributed by atoms with Crippen molar-refractivity contribution in [2.75, 3.05) is 13.7 Å². The second-order valence-corrected chi connectivity index (χ2v) is 11.0. The van der Waals surface area contributed by atoms with Gasteiger partial charge in [0.05, 0.1) is 21.8 Å². The van der Waals surface area contributed by atoms with Crippen LogP contribution in [0.25, 0.3) is 40.1 Å². The van der Waals surface area contributed by atoms with E-state index in [1.54, 1.807) is 19.3 Å². The molecule has 10 heteroatoms. The van der Waals surface area contributed by atoms with Gasteiger partial charge in [-0.1, -0.05) is 60.4 Å². The first kappa shape index (κ1) is 27.4. The minimum atomic E-state index is -0.236. The van der Waals surface area contributed by atoms with Crippen LogP contribution in [0.15, 0.2) is 101 Å². The topological polar surface area (TPSA) is 83.5 Å². The minimum Gasteiger partial charge on any atom is -0.496 e. The lowest BCUT2D eigenvalue weighted by Gasteiger charge is -2.05.